The first-order chi connectivity index (χ1) is 8.66. The summed E-state index contributed by atoms with van der Waals surface area (Å²) in [6.45, 7) is 4.61. The molecule has 1 aliphatic heterocycles. The minimum Gasteiger partial charge on any atom is -0.324 e. The molecule has 0 N–H and O–H groups in total. The molecule has 1 aliphatic rings. The molecule has 2 rings (SSSR count). The van der Waals surface area contributed by atoms with Gasteiger partial charge in [-0.05, 0) is 30.4 Å². The number of hydrogen-bond acceptors (Lipinski definition) is 2. The largest absolute Gasteiger partial charge is 0.324 e. The second kappa shape index (κ2) is 5.85. The van der Waals surface area contributed by atoms with Crippen LogP contribution in [0.1, 0.15) is 25.3 Å². The van der Waals surface area contributed by atoms with Crippen LogP contribution in [-0.2, 0) is 6.54 Å². The zero-order valence-corrected chi connectivity index (χ0v) is 11.2. The number of carbonyl (C=O) groups is 1. The molecule has 0 bridgehead atoms. The Hall–Kier alpha value is -1.58. The fraction of sp³-hybridized carbons (Fsp3) is 0.571. The maximum atomic E-state index is 12.3. The second-order valence-electron chi connectivity index (χ2n) is 5.19. The Bertz CT molecular complexity index is 393. The van der Waals surface area contributed by atoms with Crippen LogP contribution in [0.15, 0.2) is 24.5 Å². The fourth-order valence-corrected chi connectivity index (χ4v) is 2.44. The third-order valence-corrected chi connectivity index (χ3v) is 3.40. The Labute approximate surface area is 109 Å². The number of rotatable bonds is 2. The van der Waals surface area contributed by atoms with E-state index < -0.39 is 0 Å². The lowest BCUT2D eigenvalue weighted by atomic mass is 10.0. The average Bonchev–Trinajstić information content (AvgIpc) is 2.39. The first-order valence-electron chi connectivity index (χ1n) is 6.56. The highest BCUT2D eigenvalue weighted by Gasteiger charge is 2.23. The first kappa shape index (κ1) is 12.9. The summed E-state index contributed by atoms with van der Waals surface area (Å²) in [6.07, 6.45) is 5.91. The number of urea groups is 1. The van der Waals surface area contributed by atoms with Crippen molar-refractivity contribution in [3.63, 3.8) is 0 Å². The maximum absolute atomic E-state index is 12.3. The van der Waals surface area contributed by atoms with E-state index in [-0.39, 0.29) is 6.03 Å². The Balaban J connectivity index is 1.92. The molecule has 2 heterocycles. The van der Waals surface area contributed by atoms with E-state index in [0.29, 0.717) is 12.5 Å². The molecule has 2 amide bonds. The summed E-state index contributed by atoms with van der Waals surface area (Å²) in [6, 6.07) is 4.03. The van der Waals surface area contributed by atoms with Crippen molar-refractivity contribution >= 4 is 6.03 Å². The van der Waals surface area contributed by atoms with Crippen molar-refractivity contribution in [1.82, 2.24) is 14.8 Å². The van der Waals surface area contributed by atoms with Crippen LogP contribution in [-0.4, -0.2) is 41.0 Å². The lowest BCUT2D eigenvalue weighted by molar-refractivity contribution is 0.137. The van der Waals surface area contributed by atoms with E-state index in [1.807, 2.05) is 30.3 Å². The molecule has 4 nitrogen and oxygen atoms in total. The lowest BCUT2D eigenvalue weighted by Gasteiger charge is -2.34. The van der Waals surface area contributed by atoms with Crippen molar-refractivity contribution < 1.29 is 4.79 Å². The van der Waals surface area contributed by atoms with Gasteiger partial charge in [-0.3, -0.25) is 4.98 Å². The van der Waals surface area contributed by atoms with E-state index in [2.05, 4.69) is 11.9 Å². The predicted octanol–water partition coefficient (Wildman–Crippen LogP) is 2.37. The van der Waals surface area contributed by atoms with Crippen LogP contribution in [0.25, 0.3) is 0 Å². The van der Waals surface area contributed by atoms with Crippen LogP contribution < -0.4 is 0 Å². The number of aromatic nitrogens is 1. The summed E-state index contributed by atoms with van der Waals surface area (Å²) in [4.78, 5) is 20.1. The van der Waals surface area contributed by atoms with Crippen molar-refractivity contribution in [3.8, 4) is 0 Å². The van der Waals surface area contributed by atoms with Gasteiger partial charge in [-0.2, -0.15) is 0 Å². The van der Waals surface area contributed by atoms with E-state index in [0.717, 1.165) is 25.1 Å². The maximum Gasteiger partial charge on any atom is 0.320 e. The minimum atomic E-state index is 0.130. The summed E-state index contributed by atoms with van der Waals surface area (Å²) in [5.41, 5.74) is 1.07. The van der Waals surface area contributed by atoms with Gasteiger partial charge in [-0.1, -0.05) is 13.0 Å². The molecular weight excluding hydrogens is 226 g/mol. The van der Waals surface area contributed by atoms with Gasteiger partial charge < -0.3 is 9.80 Å². The summed E-state index contributed by atoms with van der Waals surface area (Å²) < 4.78 is 0. The van der Waals surface area contributed by atoms with Crippen molar-refractivity contribution in [2.45, 2.75) is 26.3 Å². The zero-order valence-electron chi connectivity index (χ0n) is 11.2. The molecule has 98 valence electrons. The van der Waals surface area contributed by atoms with E-state index in [1.54, 1.807) is 11.1 Å². The predicted molar refractivity (Wildman–Crippen MR) is 71.1 cm³/mol. The van der Waals surface area contributed by atoms with Gasteiger partial charge in [-0.25, -0.2) is 4.79 Å². The molecule has 1 aromatic heterocycles. The SMILES string of the molecule is CC1CCCN(C(=O)N(C)Cc2cccnc2)C1. The van der Waals surface area contributed by atoms with Crippen LogP contribution in [0.4, 0.5) is 4.79 Å². The molecule has 1 aromatic rings. The highest BCUT2D eigenvalue weighted by molar-refractivity contribution is 5.74. The van der Waals surface area contributed by atoms with Gasteiger partial charge in [0.15, 0.2) is 0 Å². The van der Waals surface area contributed by atoms with Gasteiger partial charge >= 0.3 is 6.03 Å². The Morgan fingerprint density at radius 2 is 2.44 bits per heavy atom. The number of likely N-dealkylation sites (tertiary alicyclic amines) is 1. The van der Waals surface area contributed by atoms with Gasteiger partial charge in [-0.15, -0.1) is 0 Å². The van der Waals surface area contributed by atoms with E-state index in [1.165, 1.54) is 6.42 Å². The molecular formula is C14H21N3O. The van der Waals surface area contributed by atoms with Crippen molar-refractivity contribution in [1.29, 1.82) is 0 Å². The molecule has 1 saturated heterocycles. The summed E-state index contributed by atoms with van der Waals surface area (Å²) in [7, 11) is 1.86. The molecule has 1 unspecified atom stereocenters. The molecule has 0 radical (unpaired) electrons. The van der Waals surface area contributed by atoms with Gasteiger partial charge in [0, 0.05) is 39.1 Å². The third-order valence-electron chi connectivity index (χ3n) is 3.40. The Morgan fingerprint density at radius 1 is 1.61 bits per heavy atom. The molecule has 4 heteroatoms. The number of piperidine rings is 1. The molecule has 0 spiro atoms. The summed E-state index contributed by atoms with van der Waals surface area (Å²) >= 11 is 0. The molecule has 1 atom stereocenters. The fourth-order valence-electron chi connectivity index (χ4n) is 2.44. The molecule has 0 saturated carbocycles. The average molecular weight is 247 g/mol. The zero-order chi connectivity index (χ0) is 13.0. The molecule has 0 aromatic carbocycles. The summed E-state index contributed by atoms with van der Waals surface area (Å²) in [5, 5.41) is 0. The molecule has 18 heavy (non-hydrogen) atoms. The Morgan fingerprint density at radius 3 is 3.11 bits per heavy atom. The van der Waals surface area contributed by atoms with Crippen molar-refractivity contribution in [3.05, 3.63) is 30.1 Å². The van der Waals surface area contributed by atoms with Crippen molar-refractivity contribution in [2.24, 2.45) is 5.92 Å². The van der Waals surface area contributed by atoms with Crippen LogP contribution >= 0.6 is 0 Å². The third kappa shape index (κ3) is 3.22. The number of hydrogen-bond donors (Lipinski definition) is 0. The normalized spacial score (nSPS) is 19.7. The van der Waals surface area contributed by atoms with E-state index in [9.17, 15) is 4.79 Å². The topological polar surface area (TPSA) is 36.4 Å². The monoisotopic (exact) mass is 247 g/mol. The van der Waals surface area contributed by atoms with Crippen LogP contribution in [0.3, 0.4) is 0 Å². The van der Waals surface area contributed by atoms with E-state index >= 15 is 0 Å². The number of carbonyl (C=O) groups excluding carboxylic acids is 1. The summed E-state index contributed by atoms with van der Waals surface area (Å²) in [5.74, 6) is 0.620. The number of amides is 2. The lowest BCUT2D eigenvalue weighted by Crippen LogP contribution is -2.45. The number of pyridine rings is 1. The second-order valence-corrected chi connectivity index (χ2v) is 5.19. The highest BCUT2D eigenvalue weighted by Crippen LogP contribution is 2.17. The van der Waals surface area contributed by atoms with Crippen LogP contribution in [0.2, 0.25) is 0 Å². The van der Waals surface area contributed by atoms with E-state index in [4.69, 9.17) is 0 Å². The van der Waals surface area contributed by atoms with Crippen molar-refractivity contribution in [2.75, 3.05) is 20.1 Å². The Kier molecular flexibility index (Phi) is 4.18. The molecule has 1 fully saturated rings. The quantitative estimate of drug-likeness (QED) is 0.804. The first-order valence-corrected chi connectivity index (χ1v) is 6.56. The highest BCUT2D eigenvalue weighted by atomic mass is 16.2. The number of nitrogens with zero attached hydrogens (tertiary/aromatic N) is 3. The molecule has 0 aliphatic carbocycles. The standard InChI is InChI=1S/C14H21N3O/c1-12-5-4-8-17(10-12)14(18)16(2)11-13-6-3-7-15-9-13/h3,6-7,9,12H,4-5,8,10-11H2,1-2H3. The van der Waals surface area contributed by atoms with Crippen LogP contribution in [0.5, 0.6) is 0 Å². The van der Waals surface area contributed by atoms with Gasteiger partial charge in [0.1, 0.15) is 0 Å². The minimum absolute atomic E-state index is 0.130. The van der Waals surface area contributed by atoms with Gasteiger partial charge in [0.2, 0.25) is 0 Å². The van der Waals surface area contributed by atoms with Crippen LogP contribution in [0, 0.1) is 5.92 Å². The smallest absolute Gasteiger partial charge is 0.320 e. The van der Waals surface area contributed by atoms with Gasteiger partial charge in [0.25, 0.3) is 0 Å². The van der Waals surface area contributed by atoms with Gasteiger partial charge in [0.05, 0.1) is 0 Å².